The second kappa shape index (κ2) is 7.49. The Bertz CT molecular complexity index is 327. The van der Waals surface area contributed by atoms with Crippen LogP contribution in [0.2, 0.25) is 0 Å². The summed E-state index contributed by atoms with van der Waals surface area (Å²) in [6, 6.07) is 2.13. The van der Waals surface area contributed by atoms with Crippen LogP contribution >= 0.6 is 0 Å². The number of hydrogen-bond acceptors (Lipinski definition) is 3. The van der Waals surface area contributed by atoms with E-state index in [1.807, 2.05) is 20.9 Å². The smallest absolute Gasteiger partial charge is 0.239 e. The molecule has 0 aromatic carbocycles. The molecule has 0 aromatic heterocycles. The quantitative estimate of drug-likeness (QED) is 0.763. The van der Waals surface area contributed by atoms with Gasteiger partial charge in [0.2, 0.25) is 5.91 Å². The minimum Gasteiger partial charge on any atom is -0.345 e. The van der Waals surface area contributed by atoms with E-state index < -0.39 is 5.92 Å². The first kappa shape index (κ1) is 16.0. The van der Waals surface area contributed by atoms with Crippen molar-refractivity contribution in [3.05, 3.63) is 0 Å². The second-order valence-electron chi connectivity index (χ2n) is 6.15. The monoisotopic (exact) mass is 265 g/mol. The Morgan fingerprint density at radius 1 is 1.42 bits per heavy atom. The first-order valence-electron chi connectivity index (χ1n) is 7.28. The lowest BCUT2D eigenvalue weighted by Crippen LogP contribution is -2.37. The number of hydrogen-bond donors (Lipinski definition) is 0. The normalized spacial score (nSPS) is 19.2. The largest absolute Gasteiger partial charge is 0.345 e. The first-order valence-corrected chi connectivity index (χ1v) is 7.28. The molecule has 0 spiro atoms. The molecule has 4 nitrogen and oxygen atoms in total. The van der Waals surface area contributed by atoms with Gasteiger partial charge in [0.25, 0.3) is 0 Å². The van der Waals surface area contributed by atoms with Crippen molar-refractivity contribution in [2.75, 3.05) is 33.7 Å². The summed E-state index contributed by atoms with van der Waals surface area (Å²) in [5.74, 6) is 0.294. The molecule has 4 heteroatoms. The van der Waals surface area contributed by atoms with Crippen molar-refractivity contribution in [1.29, 1.82) is 5.26 Å². The Morgan fingerprint density at radius 2 is 2.00 bits per heavy atom. The average molecular weight is 265 g/mol. The van der Waals surface area contributed by atoms with Crippen LogP contribution in [0, 0.1) is 29.1 Å². The standard InChI is InChI=1S/C15H27N3O/c1-12(2)14(11-16)15(19)18(4)10-7-13-5-8-17(3)9-6-13/h12-14H,5-10H2,1-4H3. The summed E-state index contributed by atoms with van der Waals surface area (Å²) in [5, 5.41) is 9.06. The van der Waals surface area contributed by atoms with Crippen molar-refractivity contribution < 1.29 is 4.79 Å². The number of likely N-dealkylation sites (tertiary alicyclic amines) is 1. The Morgan fingerprint density at radius 3 is 2.47 bits per heavy atom. The minimum atomic E-state index is -0.498. The van der Waals surface area contributed by atoms with Gasteiger partial charge in [-0.1, -0.05) is 13.8 Å². The Balaban J connectivity index is 2.36. The highest BCUT2D eigenvalue weighted by molar-refractivity contribution is 5.81. The van der Waals surface area contributed by atoms with Gasteiger partial charge in [-0.3, -0.25) is 4.79 Å². The summed E-state index contributed by atoms with van der Waals surface area (Å²) >= 11 is 0. The predicted molar refractivity (Wildman–Crippen MR) is 76.4 cm³/mol. The van der Waals surface area contributed by atoms with Crippen molar-refractivity contribution >= 4 is 5.91 Å². The van der Waals surface area contributed by atoms with Gasteiger partial charge in [-0.15, -0.1) is 0 Å². The summed E-state index contributed by atoms with van der Waals surface area (Å²) in [6.07, 6.45) is 3.51. The van der Waals surface area contributed by atoms with Crippen LogP contribution in [0.25, 0.3) is 0 Å². The van der Waals surface area contributed by atoms with Crippen molar-refractivity contribution in [3.8, 4) is 6.07 Å². The third-order valence-corrected chi connectivity index (χ3v) is 4.16. The SMILES string of the molecule is CC(C)C(C#N)C(=O)N(C)CCC1CCN(C)CC1. The number of carbonyl (C=O) groups excluding carboxylic acids is 1. The van der Waals surface area contributed by atoms with Crippen LogP contribution in [0.15, 0.2) is 0 Å². The maximum atomic E-state index is 12.1. The lowest BCUT2D eigenvalue weighted by Gasteiger charge is -2.30. The zero-order valence-corrected chi connectivity index (χ0v) is 12.7. The first-order chi connectivity index (χ1) is 8.95. The van der Waals surface area contributed by atoms with E-state index in [-0.39, 0.29) is 11.8 Å². The molecular formula is C15H27N3O. The van der Waals surface area contributed by atoms with Gasteiger partial charge < -0.3 is 9.80 Å². The fraction of sp³-hybridized carbons (Fsp3) is 0.867. The van der Waals surface area contributed by atoms with E-state index in [2.05, 4.69) is 18.0 Å². The van der Waals surface area contributed by atoms with E-state index in [9.17, 15) is 4.79 Å². The summed E-state index contributed by atoms with van der Waals surface area (Å²) < 4.78 is 0. The molecule has 1 rings (SSSR count). The predicted octanol–water partition coefficient (Wildman–Crippen LogP) is 1.97. The Hall–Kier alpha value is -1.08. The molecule has 1 atom stereocenters. The van der Waals surface area contributed by atoms with Crippen LogP contribution in [0.4, 0.5) is 0 Å². The van der Waals surface area contributed by atoms with Crippen LogP contribution in [0.3, 0.4) is 0 Å². The second-order valence-corrected chi connectivity index (χ2v) is 6.15. The lowest BCUT2D eigenvalue weighted by atomic mass is 9.93. The molecule has 1 aliphatic heterocycles. The number of nitrogens with zero attached hydrogens (tertiary/aromatic N) is 3. The topological polar surface area (TPSA) is 47.3 Å². The van der Waals surface area contributed by atoms with E-state index in [0.717, 1.165) is 32.0 Å². The van der Waals surface area contributed by atoms with Gasteiger partial charge in [0, 0.05) is 13.6 Å². The molecule has 0 radical (unpaired) electrons. The van der Waals surface area contributed by atoms with Crippen molar-refractivity contribution in [2.45, 2.75) is 33.1 Å². The summed E-state index contributed by atoms with van der Waals surface area (Å²) in [4.78, 5) is 16.2. The third-order valence-electron chi connectivity index (χ3n) is 4.16. The number of piperidine rings is 1. The fourth-order valence-electron chi connectivity index (χ4n) is 2.56. The van der Waals surface area contributed by atoms with Gasteiger partial charge in [0.1, 0.15) is 5.92 Å². The Labute approximate surface area is 117 Å². The van der Waals surface area contributed by atoms with E-state index in [4.69, 9.17) is 5.26 Å². The van der Waals surface area contributed by atoms with Crippen LogP contribution in [-0.4, -0.2) is 49.4 Å². The molecule has 1 fully saturated rings. The van der Waals surface area contributed by atoms with Crippen molar-refractivity contribution in [3.63, 3.8) is 0 Å². The molecule has 0 bridgehead atoms. The number of amides is 1. The third kappa shape index (κ3) is 4.83. The molecule has 1 heterocycles. The molecular weight excluding hydrogens is 238 g/mol. The fourth-order valence-corrected chi connectivity index (χ4v) is 2.56. The molecule has 1 saturated heterocycles. The maximum absolute atomic E-state index is 12.1. The number of rotatable bonds is 5. The molecule has 1 aliphatic rings. The molecule has 0 N–H and O–H groups in total. The molecule has 0 aromatic rings. The van der Waals surface area contributed by atoms with E-state index in [0.29, 0.717) is 0 Å². The highest BCUT2D eigenvalue weighted by atomic mass is 16.2. The summed E-state index contributed by atoms with van der Waals surface area (Å²) in [7, 11) is 3.98. The van der Waals surface area contributed by atoms with Gasteiger partial charge >= 0.3 is 0 Å². The van der Waals surface area contributed by atoms with Crippen LogP contribution in [-0.2, 0) is 4.79 Å². The maximum Gasteiger partial charge on any atom is 0.239 e. The van der Waals surface area contributed by atoms with E-state index in [1.54, 1.807) is 4.90 Å². The van der Waals surface area contributed by atoms with Gasteiger partial charge in [-0.05, 0) is 51.2 Å². The van der Waals surface area contributed by atoms with Crippen LogP contribution < -0.4 is 0 Å². The highest BCUT2D eigenvalue weighted by Crippen LogP contribution is 2.20. The molecule has 1 amide bonds. The molecule has 108 valence electrons. The van der Waals surface area contributed by atoms with Crippen molar-refractivity contribution in [1.82, 2.24) is 9.80 Å². The number of carbonyl (C=O) groups is 1. The number of nitriles is 1. The average Bonchev–Trinajstić information content (AvgIpc) is 2.38. The van der Waals surface area contributed by atoms with Gasteiger partial charge in [-0.25, -0.2) is 0 Å². The molecule has 0 saturated carbocycles. The van der Waals surface area contributed by atoms with Crippen LogP contribution in [0.5, 0.6) is 0 Å². The van der Waals surface area contributed by atoms with E-state index in [1.165, 1.54) is 12.8 Å². The minimum absolute atomic E-state index is 0.0228. The van der Waals surface area contributed by atoms with E-state index >= 15 is 0 Å². The zero-order chi connectivity index (χ0) is 14.4. The molecule has 19 heavy (non-hydrogen) atoms. The summed E-state index contributed by atoms with van der Waals surface area (Å²) in [5.41, 5.74) is 0. The molecule has 1 unspecified atom stereocenters. The summed E-state index contributed by atoms with van der Waals surface area (Å²) in [6.45, 7) is 6.95. The zero-order valence-electron chi connectivity index (χ0n) is 12.7. The Kier molecular flexibility index (Phi) is 6.30. The van der Waals surface area contributed by atoms with Gasteiger partial charge in [0.15, 0.2) is 0 Å². The van der Waals surface area contributed by atoms with Crippen molar-refractivity contribution in [2.24, 2.45) is 17.8 Å². The highest BCUT2D eigenvalue weighted by Gasteiger charge is 2.25. The molecule has 0 aliphatic carbocycles. The lowest BCUT2D eigenvalue weighted by molar-refractivity contribution is -0.133. The van der Waals surface area contributed by atoms with Gasteiger partial charge in [0.05, 0.1) is 6.07 Å². The van der Waals surface area contributed by atoms with Gasteiger partial charge in [-0.2, -0.15) is 5.26 Å². The van der Waals surface area contributed by atoms with Crippen LogP contribution in [0.1, 0.15) is 33.1 Å².